The predicted octanol–water partition coefficient (Wildman–Crippen LogP) is 2.58. The zero-order valence-electron chi connectivity index (χ0n) is 10.8. The lowest BCUT2D eigenvalue weighted by molar-refractivity contribution is 0.0955. The molecule has 1 heterocycles. The van der Waals surface area contributed by atoms with Gasteiger partial charge in [-0.25, -0.2) is 5.43 Å². The van der Waals surface area contributed by atoms with Crippen molar-refractivity contribution in [2.75, 3.05) is 19.0 Å². The molecule has 19 heavy (non-hydrogen) atoms. The third-order valence-corrected chi connectivity index (χ3v) is 3.33. The first-order chi connectivity index (χ1) is 9.16. The van der Waals surface area contributed by atoms with Crippen molar-refractivity contribution in [2.45, 2.75) is 0 Å². The third-order valence-electron chi connectivity index (χ3n) is 2.53. The molecule has 0 saturated carbocycles. The smallest absolute Gasteiger partial charge is 0.271 e. The summed E-state index contributed by atoms with van der Waals surface area (Å²) in [7, 11) is 3.87. The van der Waals surface area contributed by atoms with Crippen molar-refractivity contribution in [3.63, 3.8) is 0 Å². The Morgan fingerprint density at radius 3 is 2.84 bits per heavy atom. The van der Waals surface area contributed by atoms with Gasteiger partial charge in [0.2, 0.25) is 0 Å². The lowest BCUT2D eigenvalue weighted by Gasteiger charge is -2.12. The highest BCUT2D eigenvalue weighted by atomic mass is 32.1. The highest BCUT2D eigenvalue weighted by molar-refractivity contribution is 7.11. The number of hydrogen-bond acceptors (Lipinski definition) is 4. The van der Waals surface area contributed by atoms with E-state index in [9.17, 15) is 4.79 Å². The van der Waals surface area contributed by atoms with Gasteiger partial charge in [-0.1, -0.05) is 12.1 Å². The van der Waals surface area contributed by atoms with Crippen LogP contribution in [0.5, 0.6) is 0 Å². The number of nitrogens with one attached hydrogen (secondary N) is 1. The largest absolute Gasteiger partial charge is 0.378 e. The fraction of sp³-hybridized carbons (Fsp3) is 0.143. The van der Waals surface area contributed by atoms with Gasteiger partial charge in [0.1, 0.15) is 0 Å². The first kappa shape index (κ1) is 13.3. The summed E-state index contributed by atoms with van der Waals surface area (Å²) in [6.07, 6.45) is 1.64. The van der Waals surface area contributed by atoms with Crippen LogP contribution in [0.1, 0.15) is 15.2 Å². The van der Waals surface area contributed by atoms with E-state index in [1.54, 1.807) is 23.6 Å². The molecule has 0 spiro atoms. The molecule has 0 aliphatic rings. The number of nitrogens with zero attached hydrogens (tertiary/aromatic N) is 2. The Morgan fingerprint density at radius 1 is 1.32 bits per heavy atom. The number of thiophene rings is 1. The van der Waals surface area contributed by atoms with E-state index in [1.165, 1.54) is 0 Å². The van der Waals surface area contributed by atoms with Crippen LogP contribution >= 0.6 is 11.3 Å². The lowest BCUT2D eigenvalue weighted by atomic mass is 10.2. The lowest BCUT2D eigenvalue weighted by Crippen LogP contribution is -2.18. The molecule has 0 fully saturated rings. The molecule has 0 atom stereocenters. The third kappa shape index (κ3) is 3.66. The average molecular weight is 273 g/mol. The number of hydrazone groups is 1. The maximum absolute atomic E-state index is 11.9. The molecule has 1 N–H and O–H groups in total. The first-order valence-corrected chi connectivity index (χ1v) is 6.69. The Balaban J connectivity index is 2.02. The van der Waals surface area contributed by atoms with E-state index in [0.717, 1.165) is 10.6 Å². The van der Waals surface area contributed by atoms with Crippen LogP contribution in [-0.2, 0) is 0 Å². The molecule has 2 rings (SSSR count). The molecule has 0 unspecified atom stereocenters. The number of rotatable bonds is 4. The normalized spacial score (nSPS) is 10.6. The van der Waals surface area contributed by atoms with Crippen LogP contribution in [0, 0.1) is 0 Å². The van der Waals surface area contributed by atoms with Crippen molar-refractivity contribution >= 4 is 29.1 Å². The van der Waals surface area contributed by atoms with Crippen LogP contribution in [0.15, 0.2) is 46.9 Å². The second-order valence-corrected chi connectivity index (χ2v) is 5.14. The summed E-state index contributed by atoms with van der Waals surface area (Å²) in [6.45, 7) is 0. The fourth-order valence-electron chi connectivity index (χ4n) is 1.51. The van der Waals surface area contributed by atoms with Crippen molar-refractivity contribution < 1.29 is 4.79 Å². The number of anilines is 1. The highest BCUT2D eigenvalue weighted by Crippen LogP contribution is 2.13. The van der Waals surface area contributed by atoms with E-state index in [0.29, 0.717) is 5.56 Å². The number of hydrogen-bond donors (Lipinski definition) is 1. The molecule has 0 aliphatic carbocycles. The molecule has 2 aromatic rings. The van der Waals surface area contributed by atoms with E-state index in [-0.39, 0.29) is 5.91 Å². The Bertz CT molecular complexity index is 576. The maximum atomic E-state index is 11.9. The van der Waals surface area contributed by atoms with Crippen molar-refractivity contribution in [3.8, 4) is 0 Å². The van der Waals surface area contributed by atoms with E-state index in [1.807, 2.05) is 54.7 Å². The second kappa shape index (κ2) is 6.15. The summed E-state index contributed by atoms with van der Waals surface area (Å²) in [6, 6.07) is 11.3. The summed E-state index contributed by atoms with van der Waals surface area (Å²) in [5.74, 6) is -0.212. The summed E-state index contributed by atoms with van der Waals surface area (Å²) >= 11 is 1.57. The van der Waals surface area contributed by atoms with Gasteiger partial charge < -0.3 is 4.90 Å². The van der Waals surface area contributed by atoms with Crippen LogP contribution < -0.4 is 10.3 Å². The predicted molar refractivity (Wildman–Crippen MR) is 80.1 cm³/mol. The summed E-state index contributed by atoms with van der Waals surface area (Å²) in [5, 5.41) is 5.90. The standard InChI is InChI=1S/C14H15N3OS/c1-17(2)12-6-3-5-11(9-12)14(18)16-15-10-13-7-4-8-19-13/h3-10H,1-2H3,(H,16,18). The van der Waals surface area contributed by atoms with Gasteiger partial charge in [0.15, 0.2) is 0 Å². The average Bonchev–Trinajstić information content (AvgIpc) is 2.92. The molecule has 0 radical (unpaired) electrons. The number of benzene rings is 1. The molecular weight excluding hydrogens is 258 g/mol. The first-order valence-electron chi connectivity index (χ1n) is 5.81. The number of carbonyl (C=O) groups is 1. The number of carbonyl (C=O) groups excluding carboxylic acids is 1. The van der Waals surface area contributed by atoms with Crippen molar-refractivity contribution in [1.82, 2.24) is 5.43 Å². The van der Waals surface area contributed by atoms with Gasteiger partial charge in [-0.2, -0.15) is 5.10 Å². The quantitative estimate of drug-likeness (QED) is 0.687. The topological polar surface area (TPSA) is 44.7 Å². The van der Waals surface area contributed by atoms with Gasteiger partial charge >= 0.3 is 0 Å². The molecule has 0 bridgehead atoms. The molecule has 1 aromatic heterocycles. The minimum absolute atomic E-state index is 0.212. The Kier molecular flexibility index (Phi) is 4.30. The van der Waals surface area contributed by atoms with Gasteiger partial charge in [-0.3, -0.25) is 4.79 Å². The minimum Gasteiger partial charge on any atom is -0.378 e. The van der Waals surface area contributed by atoms with Gasteiger partial charge in [0, 0.05) is 30.2 Å². The van der Waals surface area contributed by atoms with E-state index in [2.05, 4.69) is 10.5 Å². The minimum atomic E-state index is -0.212. The summed E-state index contributed by atoms with van der Waals surface area (Å²) < 4.78 is 0. The molecular formula is C14H15N3OS. The van der Waals surface area contributed by atoms with Crippen LogP contribution in [0.3, 0.4) is 0 Å². The summed E-state index contributed by atoms with van der Waals surface area (Å²) in [5.41, 5.74) is 4.10. The van der Waals surface area contributed by atoms with E-state index in [4.69, 9.17) is 0 Å². The second-order valence-electron chi connectivity index (χ2n) is 4.16. The Labute approximate surface area is 116 Å². The molecule has 5 heteroatoms. The van der Waals surface area contributed by atoms with E-state index < -0.39 is 0 Å². The van der Waals surface area contributed by atoms with Crippen LogP contribution in [0.2, 0.25) is 0 Å². The van der Waals surface area contributed by atoms with Crippen LogP contribution in [0.4, 0.5) is 5.69 Å². The van der Waals surface area contributed by atoms with Gasteiger partial charge in [-0.15, -0.1) is 11.3 Å². The fourth-order valence-corrected chi connectivity index (χ4v) is 2.09. The van der Waals surface area contributed by atoms with Gasteiger partial charge in [0.05, 0.1) is 6.21 Å². The zero-order chi connectivity index (χ0) is 13.7. The monoisotopic (exact) mass is 273 g/mol. The molecule has 1 aromatic carbocycles. The van der Waals surface area contributed by atoms with E-state index >= 15 is 0 Å². The van der Waals surface area contributed by atoms with Gasteiger partial charge in [-0.05, 0) is 29.6 Å². The molecule has 0 aliphatic heterocycles. The Hall–Kier alpha value is -2.14. The Morgan fingerprint density at radius 2 is 2.16 bits per heavy atom. The molecule has 4 nitrogen and oxygen atoms in total. The van der Waals surface area contributed by atoms with Crippen LogP contribution in [0.25, 0.3) is 0 Å². The SMILES string of the molecule is CN(C)c1cccc(C(=O)NN=Cc2cccs2)c1. The number of amides is 1. The van der Waals surface area contributed by atoms with Crippen molar-refractivity contribution in [1.29, 1.82) is 0 Å². The molecule has 98 valence electrons. The van der Waals surface area contributed by atoms with Gasteiger partial charge in [0.25, 0.3) is 5.91 Å². The highest BCUT2D eigenvalue weighted by Gasteiger charge is 2.05. The van der Waals surface area contributed by atoms with Crippen LogP contribution in [-0.4, -0.2) is 26.2 Å². The zero-order valence-corrected chi connectivity index (χ0v) is 11.6. The molecule has 0 saturated heterocycles. The summed E-state index contributed by atoms with van der Waals surface area (Å²) in [4.78, 5) is 14.9. The van der Waals surface area contributed by atoms with Crippen molar-refractivity contribution in [3.05, 3.63) is 52.2 Å². The maximum Gasteiger partial charge on any atom is 0.271 e. The molecule has 1 amide bonds. The van der Waals surface area contributed by atoms with Crippen molar-refractivity contribution in [2.24, 2.45) is 5.10 Å².